The van der Waals surface area contributed by atoms with Crippen LogP contribution in [-0.2, 0) is 14.8 Å². The lowest BCUT2D eigenvalue weighted by molar-refractivity contribution is 0.114. The third kappa shape index (κ3) is 3.14. The van der Waals surface area contributed by atoms with Gasteiger partial charge in [0.25, 0.3) is 0 Å². The Morgan fingerprint density at radius 2 is 2.28 bits per heavy atom. The topological polar surface area (TPSA) is 81.4 Å². The molecular weight excluding hydrogens is 276 g/mol. The summed E-state index contributed by atoms with van der Waals surface area (Å²) in [4.78, 5) is 0.113. The molecule has 1 aliphatic rings. The van der Waals surface area contributed by atoms with Crippen LogP contribution in [0.15, 0.2) is 23.1 Å². The summed E-state index contributed by atoms with van der Waals surface area (Å²) in [5, 5.41) is 0.341. The molecule has 0 spiro atoms. The summed E-state index contributed by atoms with van der Waals surface area (Å²) in [5.41, 5.74) is 5.83. The fourth-order valence-corrected chi connectivity index (χ4v) is 3.00. The molecule has 1 aromatic carbocycles. The minimum atomic E-state index is -3.56. The Kier molecular flexibility index (Phi) is 4.11. The highest BCUT2D eigenvalue weighted by atomic mass is 35.5. The molecule has 2 rings (SSSR count). The minimum absolute atomic E-state index is 0.0376. The van der Waals surface area contributed by atoms with Crippen molar-refractivity contribution in [2.75, 3.05) is 18.9 Å². The largest absolute Gasteiger partial charge is 0.397 e. The lowest BCUT2D eigenvalue weighted by atomic mass is 10.2. The normalized spacial score (nSPS) is 20.2. The predicted molar refractivity (Wildman–Crippen MR) is 70.0 cm³/mol. The number of halogens is 1. The molecule has 0 saturated carbocycles. The number of anilines is 1. The quantitative estimate of drug-likeness (QED) is 0.821. The standard InChI is InChI=1S/C11H15ClN2O3S/c12-10-4-3-9(6-11(10)13)18(15,16)14-7-8-2-1-5-17-8/h3-4,6,8,14H,1-2,5,7,13H2/t8-/m1/s1. The van der Waals surface area contributed by atoms with Crippen LogP contribution in [0.2, 0.25) is 5.02 Å². The van der Waals surface area contributed by atoms with Crippen LogP contribution in [0.4, 0.5) is 5.69 Å². The van der Waals surface area contributed by atoms with E-state index in [0.29, 0.717) is 11.6 Å². The first-order valence-corrected chi connectivity index (χ1v) is 7.51. The number of sulfonamides is 1. The lowest BCUT2D eigenvalue weighted by Gasteiger charge is -2.11. The fraction of sp³-hybridized carbons (Fsp3) is 0.455. The number of rotatable bonds is 4. The molecule has 0 radical (unpaired) electrons. The van der Waals surface area contributed by atoms with Gasteiger partial charge in [-0.15, -0.1) is 0 Å². The van der Waals surface area contributed by atoms with Crippen LogP contribution in [0.3, 0.4) is 0 Å². The van der Waals surface area contributed by atoms with E-state index in [4.69, 9.17) is 22.1 Å². The second-order valence-corrected chi connectivity index (χ2v) is 6.34. The van der Waals surface area contributed by atoms with E-state index in [-0.39, 0.29) is 23.2 Å². The number of nitrogen functional groups attached to an aromatic ring is 1. The van der Waals surface area contributed by atoms with Gasteiger partial charge < -0.3 is 10.5 Å². The smallest absolute Gasteiger partial charge is 0.240 e. The van der Waals surface area contributed by atoms with Gasteiger partial charge in [-0.25, -0.2) is 13.1 Å². The molecule has 1 aromatic rings. The summed E-state index contributed by atoms with van der Waals surface area (Å²) in [5.74, 6) is 0. The van der Waals surface area contributed by atoms with E-state index < -0.39 is 10.0 Å². The van der Waals surface area contributed by atoms with E-state index in [2.05, 4.69) is 4.72 Å². The molecule has 0 bridgehead atoms. The zero-order valence-corrected chi connectivity index (χ0v) is 11.3. The van der Waals surface area contributed by atoms with Crippen molar-refractivity contribution in [3.05, 3.63) is 23.2 Å². The summed E-state index contributed by atoms with van der Waals surface area (Å²) in [6, 6.07) is 4.24. The van der Waals surface area contributed by atoms with Crippen LogP contribution in [-0.4, -0.2) is 27.7 Å². The van der Waals surface area contributed by atoms with Crippen LogP contribution in [0.1, 0.15) is 12.8 Å². The summed E-state index contributed by atoms with van der Waals surface area (Å²) < 4.78 is 31.8. The Balaban J connectivity index is 2.07. The second-order valence-electron chi connectivity index (χ2n) is 4.17. The van der Waals surface area contributed by atoms with Crippen molar-refractivity contribution < 1.29 is 13.2 Å². The maximum atomic E-state index is 12.0. The van der Waals surface area contributed by atoms with Crippen LogP contribution >= 0.6 is 11.6 Å². The Hall–Kier alpha value is -0.820. The molecule has 1 heterocycles. The van der Waals surface area contributed by atoms with E-state index >= 15 is 0 Å². The van der Waals surface area contributed by atoms with Gasteiger partial charge in [-0.2, -0.15) is 0 Å². The van der Waals surface area contributed by atoms with Crippen LogP contribution in [0, 0.1) is 0 Å². The minimum Gasteiger partial charge on any atom is -0.397 e. The molecule has 0 unspecified atom stereocenters. The van der Waals surface area contributed by atoms with Gasteiger partial charge in [0.2, 0.25) is 10.0 Å². The van der Waals surface area contributed by atoms with Crippen LogP contribution in [0.25, 0.3) is 0 Å². The highest BCUT2D eigenvalue weighted by molar-refractivity contribution is 7.89. The Labute approximate surface area is 111 Å². The van der Waals surface area contributed by atoms with Gasteiger partial charge in [-0.05, 0) is 31.0 Å². The third-order valence-corrected chi connectivity index (χ3v) is 4.57. The van der Waals surface area contributed by atoms with Gasteiger partial charge in [0.15, 0.2) is 0 Å². The van der Waals surface area contributed by atoms with E-state index in [1.54, 1.807) is 0 Å². The van der Waals surface area contributed by atoms with Crippen molar-refractivity contribution in [2.24, 2.45) is 0 Å². The fourth-order valence-electron chi connectivity index (χ4n) is 1.78. The summed E-state index contributed by atoms with van der Waals surface area (Å²) in [6.07, 6.45) is 1.82. The predicted octanol–water partition coefficient (Wildman–Crippen LogP) is 1.38. The van der Waals surface area contributed by atoms with Crippen molar-refractivity contribution in [3.63, 3.8) is 0 Å². The number of benzene rings is 1. The summed E-state index contributed by atoms with van der Waals surface area (Å²) in [7, 11) is -3.56. The van der Waals surface area contributed by atoms with Crippen LogP contribution in [0.5, 0.6) is 0 Å². The maximum Gasteiger partial charge on any atom is 0.240 e. The molecule has 0 aromatic heterocycles. The van der Waals surface area contributed by atoms with Gasteiger partial charge in [0, 0.05) is 13.2 Å². The molecule has 3 N–H and O–H groups in total. The molecule has 1 aliphatic heterocycles. The van der Waals surface area contributed by atoms with Gasteiger partial charge in [-0.3, -0.25) is 0 Å². The molecule has 7 heteroatoms. The maximum absolute atomic E-state index is 12.0. The molecule has 1 saturated heterocycles. The first kappa shape index (κ1) is 13.6. The van der Waals surface area contributed by atoms with E-state index in [0.717, 1.165) is 12.8 Å². The monoisotopic (exact) mass is 290 g/mol. The Morgan fingerprint density at radius 1 is 1.50 bits per heavy atom. The summed E-state index contributed by atoms with van der Waals surface area (Å²) >= 11 is 5.75. The van der Waals surface area contributed by atoms with Gasteiger partial charge in [0.1, 0.15) is 0 Å². The molecule has 18 heavy (non-hydrogen) atoms. The average molecular weight is 291 g/mol. The van der Waals surface area contributed by atoms with Crippen molar-refractivity contribution in [1.29, 1.82) is 0 Å². The second kappa shape index (κ2) is 5.44. The van der Waals surface area contributed by atoms with E-state index in [1.807, 2.05) is 0 Å². The number of hydrogen-bond acceptors (Lipinski definition) is 4. The van der Waals surface area contributed by atoms with Crippen molar-refractivity contribution in [2.45, 2.75) is 23.8 Å². The Bertz CT molecular complexity index is 527. The van der Waals surface area contributed by atoms with Crippen molar-refractivity contribution in [1.82, 2.24) is 4.72 Å². The molecule has 1 fully saturated rings. The molecular formula is C11H15ClN2O3S. The number of nitrogens with one attached hydrogen (secondary N) is 1. The number of ether oxygens (including phenoxy) is 1. The van der Waals surface area contributed by atoms with Gasteiger partial charge in [-0.1, -0.05) is 11.6 Å². The SMILES string of the molecule is Nc1cc(S(=O)(=O)NC[C@H]2CCCO2)ccc1Cl. The number of nitrogens with two attached hydrogens (primary N) is 1. The van der Waals surface area contributed by atoms with Gasteiger partial charge in [0.05, 0.1) is 21.7 Å². The van der Waals surface area contributed by atoms with Crippen molar-refractivity contribution >= 4 is 27.3 Å². The molecule has 100 valence electrons. The summed E-state index contributed by atoms with van der Waals surface area (Å²) in [6.45, 7) is 0.977. The van der Waals surface area contributed by atoms with Gasteiger partial charge >= 0.3 is 0 Å². The average Bonchev–Trinajstić information content (AvgIpc) is 2.83. The molecule has 0 aliphatic carbocycles. The van der Waals surface area contributed by atoms with Crippen molar-refractivity contribution in [3.8, 4) is 0 Å². The molecule has 0 amide bonds. The molecule has 5 nitrogen and oxygen atoms in total. The van der Waals surface area contributed by atoms with E-state index in [9.17, 15) is 8.42 Å². The first-order chi connectivity index (χ1) is 8.49. The number of hydrogen-bond donors (Lipinski definition) is 2. The first-order valence-electron chi connectivity index (χ1n) is 5.65. The third-order valence-electron chi connectivity index (χ3n) is 2.80. The molecule has 1 atom stereocenters. The Morgan fingerprint density at radius 3 is 2.89 bits per heavy atom. The zero-order chi connectivity index (χ0) is 13.2. The van der Waals surface area contributed by atoms with Crippen LogP contribution < -0.4 is 10.5 Å². The van der Waals surface area contributed by atoms with E-state index in [1.165, 1.54) is 18.2 Å². The highest BCUT2D eigenvalue weighted by Gasteiger charge is 2.20. The highest BCUT2D eigenvalue weighted by Crippen LogP contribution is 2.22. The lowest BCUT2D eigenvalue weighted by Crippen LogP contribution is -2.31. The zero-order valence-electron chi connectivity index (χ0n) is 9.73.